The van der Waals surface area contributed by atoms with Crippen LogP contribution in [0.25, 0.3) is 0 Å². The van der Waals surface area contributed by atoms with E-state index in [1.165, 1.54) is 17.1 Å². The number of nitro groups is 1. The summed E-state index contributed by atoms with van der Waals surface area (Å²) in [6.45, 7) is 2.50. The quantitative estimate of drug-likeness (QED) is 0.599. The molecule has 0 fully saturated rings. The Balaban J connectivity index is 1.79. The van der Waals surface area contributed by atoms with E-state index in [0.717, 1.165) is 12.0 Å². The number of benzene rings is 1. The zero-order valence-corrected chi connectivity index (χ0v) is 13.0. The molecule has 0 radical (unpaired) electrons. The van der Waals surface area contributed by atoms with E-state index in [0.29, 0.717) is 19.4 Å². The van der Waals surface area contributed by atoms with Crippen LogP contribution in [0.4, 0.5) is 5.69 Å². The van der Waals surface area contributed by atoms with Crippen molar-refractivity contribution in [2.45, 2.75) is 38.8 Å². The third kappa shape index (κ3) is 4.91. The average Bonchev–Trinajstić information content (AvgIpc) is 3.02. The van der Waals surface area contributed by atoms with Crippen molar-refractivity contribution >= 4 is 11.6 Å². The predicted octanol–water partition coefficient (Wildman–Crippen LogP) is 2.84. The third-order valence-electron chi connectivity index (χ3n) is 3.57. The molecule has 122 valence electrons. The summed E-state index contributed by atoms with van der Waals surface area (Å²) in [5.74, 6) is -0.0256. The minimum Gasteiger partial charge on any atom is -0.349 e. The van der Waals surface area contributed by atoms with Crippen LogP contribution in [0.2, 0.25) is 0 Å². The van der Waals surface area contributed by atoms with E-state index in [1.54, 1.807) is 0 Å². The molecule has 7 heteroatoms. The maximum Gasteiger partial charge on any atom is 0.306 e. The van der Waals surface area contributed by atoms with Crippen molar-refractivity contribution in [2.75, 3.05) is 0 Å². The lowest BCUT2D eigenvalue weighted by Crippen LogP contribution is -2.28. The highest BCUT2D eigenvalue weighted by Gasteiger charge is 2.13. The fourth-order valence-electron chi connectivity index (χ4n) is 2.34. The molecule has 1 atom stereocenters. The van der Waals surface area contributed by atoms with Crippen LogP contribution < -0.4 is 5.32 Å². The number of hydrogen-bond acceptors (Lipinski definition) is 4. The van der Waals surface area contributed by atoms with Crippen molar-refractivity contribution in [2.24, 2.45) is 0 Å². The highest BCUT2D eigenvalue weighted by atomic mass is 16.6. The molecule has 0 aliphatic carbocycles. The van der Waals surface area contributed by atoms with Crippen molar-refractivity contribution in [1.82, 2.24) is 15.1 Å². The van der Waals surface area contributed by atoms with Crippen LogP contribution in [0, 0.1) is 10.1 Å². The largest absolute Gasteiger partial charge is 0.349 e. The smallest absolute Gasteiger partial charge is 0.306 e. The number of aromatic nitrogens is 2. The average molecular weight is 316 g/mol. The number of carbonyl (C=O) groups is 1. The zero-order valence-electron chi connectivity index (χ0n) is 13.0. The Hall–Kier alpha value is -2.70. The van der Waals surface area contributed by atoms with E-state index >= 15 is 0 Å². The van der Waals surface area contributed by atoms with Gasteiger partial charge in [0, 0.05) is 13.0 Å². The highest BCUT2D eigenvalue weighted by molar-refractivity contribution is 5.76. The van der Waals surface area contributed by atoms with Crippen LogP contribution in [0.1, 0.15) is 37.8 Å². The fourth-order valence-corrected chi connectivity index (χ4v) is 2.34. The second-order valence-electron chi connectivity index (χ2n) is 5.26. The molecule has 0 bridgehead atoms. The van der Waals surface area contributed by atoms with Crippen molar-refractivity contribution in [1.29, 1.82) is 0 Å². The molecular formula is C16H20N4O3. The number of carbonyl (C=O) groups excluding carboxylic acids is 1. The molecule has 0 aliphatic heterocycles. The predicted molar refractivity (Wildman–Crippen MR) is 85.7 cm³/mol. The van der Waals surface area contributed by atoms with E-state index in [1.807, 2.05) is 37.3 Å². The van der Waals surface area contributed by atoms with E-state index in [2.05, 4.69) is 10.4 Å². The van der Waals surface area contributed by atoms with E-state index in [4.69, 9.17) is 0 Å². The van der Waals surface area contributed by atoms with Gasteiger partial charge >= 0.3 is 5.69 Å². The van der Waals surface area contributed by atoms with Gasteiger partial charge in [0.05, 0.1) is 11.0 Å². The lowest BCUT2D eigenvalue weighted by molar-refractivity contribution is -0.385. The summed E-state index contributed by atoms with van der Waals surface area (Å²) in [5.41, 5.74) is 1.05. The second-order valence-corrected chi connectivity index (χ2v) is 5.26. The molecule has 1 aromatic heterocycles. The Bertz CT molecular complexity index is 654. The van der Waals surface area contributed by atoms with Crippen LogP contribution in [-0.2, 0) is 11.3 Å². The number of aryl methyl sites for hydroxylation is 1. The van der Waals surface area contributed by atoms with Gasteiger partial charge in [0.2, 0.25) is 5.91 Å². The lowest BCUT2D eigenvalue weighted by Gasteiger charge is -2.17. The summed E-state index contributed by atoms with van der Waals surface area (Å²) in [4.78, 5) is 22.1. The summed E-state index contributed by atoms with van der Waals surface area (Å²) in [6, 6.07) is 9.86. The SMILES string of the molecule is CCC(NC(=O)CCCn1cc([N+](=O)[O-])cn1)c1ccccc1. The van der Waals surface area contributed by atoms with Gasteiger partial charge in [-0.3, -0.25) is 19.6 Å². The normalized spacial score (nSPS) is 11.9. The van der Waals surface area contributed by atoms with Crippen molar-refractivity contribution in [3.63, 3.8) is 0 Å². The van der Waals surface area contributed by atoms with Gasteiger partial charge in [-0.2, -0.15) is 5.10 Å². The summed E-state index contributed by atoms with van der Waals surface area (Å²) in [5, 5.41) is 17.5. The van der Waals surface area contributed by atoms with E-state index in [-0.39, 0.29) is 17.6 Å². The first kappa shape index (κ1) is 16.7. The zero-order chi connectivity index (χ0) is 16.7. The van der Waals surface area contributed by atoms with Gasteiger partial charge in [0.1, 0.15) is 12.4 Å². The maximum atomic E-state index is 12.0. The number of nitrogens with zero attached hydrogens (tertiary/aromatic N) is 3. The first-order valence-electron chi connectivity index (χ1n) is 7.61. The third-order valence-corrected chi connectivity index (χ3v) is 3.57. The molecule has 1 amide bonds. The molecular weight excluding hydrogens is 296 g/mol. The molecule has 1 heterocycles. The molecule has 2 aromatic rings. The van der Waals surface area contributed by atoms with Gasteiger partial charge in [-0.25, -0.2) is 0 Å². The molecule has 0 saturated heterocycles. The minimum absolute atomic E-state index is 0.00879. The van der Waals surface area contributed by atoms with Gasteiger partial charge in [-0.05, 0) is 18.4 Å². The maximum absolute atomic E-state index is 12.0. The molecule has 1 aromatic carbocycles. The molecule has 0 aliphatic rings. The summed E-state index contributed by atoms with van der Waals surface area (Å²) in [6.07, 6.45) is 4.34. The van der Waals surface area contributed by atoms with Crippen LogP contribution >= 0.6 is 0 Å². The molecule has 1 unspecified atom stereocenters. The van der Waals surface area contributed by atoms with Crippen LogP contribution in [0.15, 0.2) is 42.7 Å². The summed E-state index contributed by atoms with van der Waals surface area (Å²) in [7, 11) is 0. The Kier molecular flexibility index (Phi) is 5.85. The summed E-state index contributed by atoms with van der Waals surface area (Å²) < 4.78 is 1.49. The van der Waals surface area contributed by atoms with Crippen molar-refractivity contribution in [3.8, 4) is 0 Å². The second kappa shape index (κ2) is 8.07. The highest BCUT2D eigenvalue weighted by Crippen LogP contribution is 2.16. The lowest BCUT2D eigenvalue weighted by atomic mass is 10.0. The fraction of sp³-hybridized carbons (Fsp3) is 0.375. The first-order valence-corrected chi connectivity index (χ1v) is 7.61. The van der Waals surface area contributed by atoms with Gasteiger partial charge in [0.25, 0.3) is 0 Å². The standard InChI is InChI=1S/C16H20N4O3/c1-2-15(13-7-4-3-5-8-13)18-16(21)9-6-10-19-12-14(11-17-19)20(22)23/h3-5,7-8,11-12,15H,2,6,9-10H2,1H3,(H,18,21). The monoisotopic (exact) mass is 316 g/mol. The van der Waals surface area contributed by atoms with Crippen LogP contribution in [0.3, 0.4) is 0 Å². The van der Waals surface area contributed by atoms with Gasteiger partial charge in [-0.15, -0.1) is 0 Å². The number of amides is 1. The molecule has 0 saturated carbocycles. The minimum atomic E-state index is -0.484. The Morgan fingerprint density at radius 1 is 1.39 bits per heavy atom. The van der Waals surface area contributed by atoms with Crippen LogP contribution in [0.5, 0.6) is 0 Å². The molecule has 23 heavy (non-hydrogen) atoms. The van der Waals surface area contributed by atoms with E-state index < -0.39 is 4.92 Å². The van der Waals surface area contributed by atoms with Gasteiger partial charge < -0.3 is 5.32 Å². The van der Waals surface area contributed by atoms with Gasteiger partial charge in [0.15, 0.2) is 0 Å². The summed E-state index contributed by atoms with van der Waals surface area (Å²) >= 11 is 0. The molecule has 0 spiro atoms. The number of hydrogen-bond donors (Lipinski definition) is 1. The molecule has 2 rings (SSSR count). The van der Waals surface area contributed by atoms with Crippen LogP contribution in [-0.4, -0.2) is 20.6 Å². The number of rotatable bonds is 8. The first-order chi connectivity index (χ1) is 11.1. The van der Waals surface area contributed by atoms with Crippen molar-refractivity contribution < 1.29 is 9.72 Å². The molecule has 1 N–H and O–H groups in total. The van der Waals surface area contributed by atoms with E-state index in [9.17, 15) is 14.9 Å². The molecule has 7 nitrogen and oxygen atoms in total. The van der Waals surface area contributed by atoms with Crippen molar-refractivity contribution in [3.05, 3.63) is 58.4 Å². The number of nitrogens with one attached hydrogen (secondary N) is 1. The Morgan fingerprint density at radius 2 is 2.13 bits per heavy atom. The van der Waals surface area contributed by atoms with Gasteiger partial charge in [-0.1, -0.05) is 37.3 Å². The Morgan fingerprint density at radius 3 is 2.74 bits per heavy atom. The topological polar surface area (TPSA) is 90.1 Å². The Labute approximate surface area is 134 Å².